The predicted molar refractivity (Wildman–Crippen MR) is 107 cm³/mol. The smallest absolute Gasteiger partial charge is 0.263 e. The summed E-state index contributed by atoms with van der Waals surface area (Å²) in [4.78, 5) is 20.4. The van der Waals surface area contributed by atoms with Crippen LogP contribution < -0.4 is 10.1 Å². The number of amides is 1. The number of benzene rings is 2. The fourth-order valence-electron chi connectivity index (χ4n) is 2.72. The van der Waals surface area contributed by atoms with Crippen LogP contribution in [0.5, 0.6) is 5.75 Å². The SMILES string of the molecule is O=C(COc1ccc(-n2ccnc2)cc1)Nc1ccc(-c2ccccc2)cn1. The van der Waals surface area contributed by atoms with Crippen molar-refractivity contribution in [3.05, 3.63) is 91.6 Å². The van der Waals surface area contributed by atoms with Crippen molar-refractivity contribution in [2.24, 2.45) is 0 Å². The minimum atomic E-state index is -0.265. The van der Waals surface area contributed by atoms with Crippen LogP contribution >= 0.6 is 0 Å². The molecule has 0 spiro atoms. The number of nitrogens with zero attached hydrogens (tertiary/aromatic N) is 3. The van der Waals surface area contributed by atoms with Gasteiger partial charge in [-0.3, -0.25) is 4.79 Å². The van der Waals surface area contributed by atoms with Crippen molar-refractivity contribution in [1.82, 2.24) is 14.5 Å². The number of pyridine rings is 1. The maximum atomic E-state index is 12.1. The Labute approximate surface area is 162 Å². The lowest BCUT2D eigenvalue weighted by Crippen LogP contribution is -2.20. The van der Waals surface area contributed by atoms with Crippen molar-refractivity contribution in [3.63, 3.8) is 0 Å². The fraction of sp³-hybridized carbons (Fsp3) is 0.0455. The number of imidazole rings is 1. The second-order valence-electron chi connectivity index (χ2n) is 6.10. The number of ether oxygens (including phenoxy) is 1. The molecule has 0 unspecified atom stereocenters. The highest BCUT2D eigenvalue weighted by Crippen LogP contribution is 2.19. The van der Waals surface area contributed by atoms with E-state index < -0.39 is 0 Å². The van der Waals surface area contributed by atoms with Gasteiger partial charge in [-0.25, -0.2) is 9.97 Å². The molecule has 6 heteroatoms. The van der Waals surface area contributed by atoms with E-state index in [2.05, 4.69) is 15.3 Å². The van der Waals surface area contributed by atoms with Crippen LogP contribution in [0.25, 0.3) is 16.8 Å². The maximum Gasteiger partial charge on any atom is 0.263 e. The Kier molecular flexibility index (Phi) is 5.11. The molecule has 1 amide bonds. The van der Waals surface area contributed by atoms with E-state index in [4.69, 9.17) is 4.74 Å². The third kappa shape index (κ3) is 4.24. The molecule has 4 aromatic rings. The van der Waals surface area contributed by atoms with Gasteiger partial charge in [0.25, 0.3) is 5.91 Å². The number of hydrogen-bond donors (Lipinski definition) is 1. The van der Waals surface area contributed by atoms with Gasteiger partial charge in [0, 0.05) is 29.8 Å². The molecular weight excluding hydrogens is 352 g/mol. The van der Waals surface area contributed by atoms with Crippen molar-refractivity contribution in [3.8, 4) is 22.6 Å². The Hall–Kier alpha value is -3.93. The molecule has 0 bridgehead atoms. The number of rotatable bonds is 6. The van der Waals surface area contributed by atoms with Gasteiger partial charge in [0.1, 0.15) is 11.6 Å². The number of nitrogens with one attached hydrogen (secondary N) is 1. The van der Waals surface area contributed by atoms with Crippen molar-refractivity contribution >= 4 is 11.7 Å². The van der Waals surface area contributed by atoms with E-state index in [1.165, 1.54) is 0 Å². The van der Waals surface area contributed by atoms with E-state index in [9.17, 15) is 4.79 Å². The molecule has 1 N–H and O–H groups in total. The normalized spacial score (nSPS) is 10.4. The molecule has 0 fully saturated rings. The third-order valence-electron chi connectivity index (χ3n) is 4.15. The van der Waals surface area contributed by atoms with Gasteiger partial charge in [-0.05, 0) is 42.0 Å². The van der Waals surface area contributed by atoms with E-state index in [-0.39, 0.29) is 12.5 Å². The van der Waals surface area contributed by atoms with Gasteiger partial charge < -0.3 is 14.6 Å². The summed E-state index contributed by atoms with van der Waals surface area (Å²) in [7, 11) is 0. The first-order valence-electron chi connectivity index (χ1n) is 8.80. The molecule has 4 rings (SSSR count). The number of aromatic nitrogens is 3. The average molecular weight is 370 g/mol. The van der Waals surface area contributed by atoms with Crippen LogP contribution in [-0.4, -0.2) is 27.0 Å². The Morgan fingerprint density at radius 3 is 2.46 bits per heavy atom. The zero-order valence-corrected chi connectivity index (χ0v) is 15.0. The number of anilines is 1. The monoisotopic (exact) mass is 370 g/mol. The molecule has 0 aliphatic carbocycles. The van der Waals surface area contributed by atoms with E-state index in [0.717, 1.165) is 16.8 Å². The Morgan fingerprint density at radius 1 is 0.964 bits per heavy atom. The standard InChI is InChI=1S/C22H18N4O2/c27-22(15-28-20-9-7-19(8-10-20)26-13-12-23-16-26)25-21-11-6-18(14-24-21)17-4-2-1-3-5-17/h1-14,16H,15H2,(H,24,25,27). The summed E-state index contributed by atoms with van der Waals surface area (Å²) in [5.41, 5.74) is 3.04. The molecule has 0 atom stereocenters. The molecule has 0 saturated heterocycles. The van der Waals surface area contributed by atoms with Gasteiger partial charge >= 0.3 is 0 Å². The largest absolute Gasteiger partial charge is 0.484 e. The van der Waals surface area contributed by atoms with Crippen LogP contribution in [0.3, 0.4) is 0 Å². The highest BCUT2D eigenvalue weighted by molar-refractivity contribution is 5.91. The van der Waals surface area contributed by atoms with Crippen LogP contribution in [0.1, 0.15) is 0 Å². The van der Waals surface area contributed by atoms with Gasteiger partial charge in [-0.1, -0.05) is 30.3 Å². The summed E-state index contributed by atoms with van der Waals surface area (Å²) in [5.74, 6) is 0.841. The molecule has 2 aromatic carbocycles. The van der Waals surface area contributed by atoms with E-state index in [0.29, 0.717) is 11.6 Å². The van der Waals surface area contributed by atoms with Gasteiger partial charge in [0.05, 0.1) is 6.33 Å². The Morgan fingerprint density at radius 2 is 1.79 bits per heavy atom. The molecule has 0 radical (unpaired) electrons. The van der Waals surface area contributed by atoms with Gasteiger partial charge in [-0.15, -0.1) is 0 Å². The number of carbonyl (C=O) groups excluding carboxylic acids is 1. The Bertz CT molecular complexity index is 1030. The topological polar surface area (TPSA) is 69.0 Å². The van der Waals surface area contributed by atoms with Gasteiger partial charge in [0.2, 0.25) is 0 Å². The molecule has 2 heterocycles. The number of carbonyl (C=O) groups is 1. The lowest BCUT2D eigenvalue weighted by atomic mass is 10.1. The molecule has 138 valence electrons. The zero-order chi connectivity index (χ0) is 19.2. The maximum absolute atomic E-state index is 12.1. The van der Waals surface area contributed by atoms with Crippen LogP contribution in [0.4, 0.5) is 5.82 Å². The van der Waals surface area contributed by atoms with Crippen molar-refractivity contribution < 1.29 is 9.53 Å². The molecule has 2 aromatic heterocycles. The van der Waals surface area contributed by atoms with Gasteiger partial charge in [0.15, 0.2) is 6.61 Å². The summed E-state index contributed by atoms with van der Waals surface area (Å²) in [6.07, 6.45) is 7.04. The minimum absolute atomic E-state index is 0.0907. The van der Waals surface area contributed by atoms with Crippen LogP contribution in [0, 0.1) is 0 Å². The zero-order valence-electron chi connectivity index (χ0n) is 15.0. The summed E-state index contributed by atoms with van der Waals surface area (Å²) >= 11 is 0. The number of hydrogen-bond acceptors (Lipinski definition) is 4. The van der Waals surface area contributed by atoms with Crippen LogP contribution in [-0.2, 0) is 4.79 Å². The quantitative estimate of drug-likeness (QED) is 0.558. The molecule has 0 saturated carbocycles. The third-order valence-corrected chi connectivity index (χ3v) is 4.15. The lowest BCUT2D eigenvalue weighted by molar-refractivity contribution is -0.118. The first-order valence-corrected chi connectivity index (χ1v) is 8.80. The molecule has 0 aliphatic heterocycles. The average Bonchev–Trinajstić information content (AvgIpc) is 3.29. The summed E-state index contributed by atoms with van der Waals surface area (Å²) in [6, 6.07) is 21.1. The highest BCUT2D eigenvalue weighted by atomic mass is 16.5. The molecular formula is C22H18N4O2. The Balaban J connectivity index is 1.31. The predicted octanol–water partition coefficient (Wildman–Crippen LogP) is 3.95. The highest BCUT2D eigenvalue weighted by Gasteiger charge is 2.06. The molecule has 28 heavy (non-hydrogen) atoms. The van der Waals surface area contributed by atoms with Crippen molar-refractivity contribution in [2.45, 2.75) is 0 Å². The van der Waals surface area contributed by atoms with Crippen LogP contribution in [0.15, 0.2) is 91.6 Å². The summed E-state index contributed by atoms with van der Waals surface area (Å²) in [5, 5.41) is 2.74. The summed E-state index contributed by atoms with van der Waals surface area (Å²) < 4.78 is 7.43. The fourth-order valence-corrected chi connectivity index (χ4v) is 2.72. The minimum Gasteiger partial charge on any atom is -0.484 e. The molecule has 6 nitrogen and oxygen atoms in total. The van der Waals surface area contributed by atoms with Crippen molar-refractivity contribution in [1.29, 1.82) is 0 Å². The second kappa shape index (κ2) is 8.18. The summed E-state index contributed by atoms with van der Waals surface area (Å²) in [6.45, 7) is -0.0907. The van der Waals surface area contributed by atoms with Crippen molar-refractivity contribution in [2.75, 3.05) is 11.9 Å². The molecule has 0 aliphatic rings. The van der Waals surface area contributed by atoms with E-state index in [1.807, 2.05) is 71.4 Å². The second-order valence-corrected chi connectivity index (χ2v) is 6.10. The lowest BCUT2D eigenvalue weighted by Gasteiger charge is -2.09. The first kappa shape index (κ1) is 17.5. The van der Waals surface area contributed by atoms with E-state index >= 15 is 0 Å². The van der Waals surface area contributed by atoms with Crippen LogP contribution in [0.2, 0.25) is 0 Å². The van der Waals surface area contributed by atoms with E-state index in [1.54, 1.807) is 24.8 Å². The first-order chi connectivity index (χ1) is 13.8. The van der Waals surface area contributed by atoms with Gasteiger partial charge in [-0.2, -0.15) is 0 Å².